The van der Waals surface area contributed by atoms with E-state index in [0.29, 0.717) is 29.6 Å². The minimum atomic E-state index is -0.455. The Bertz CT molecular complexity index is 1090. The van der Waals surface area contributed by atoms with Crippen molar-refractivity contribution in [2.24, 2.45) is 5.92 Å². The molecule has 2 N–H and O–H groups in total. The van der Waals surface area contributed by atoms with E-state index in [9.17, 15) is 14.0 Å². The highest BCUT2D eigenvalue weighted by Crippen LogP contribution is 2.26. The lowest BCUT2D eigenvalue weighted by Gasteiger charge is -2.17. The molecular formula is C24H21ClFN3O3. The van der Waals surface area contributed by atoms with Gasteiger partial charge in [0.1, 0.15) is 18.2 Å². The van der Waals surface area contributed by atoms with Crippen LogP contribution in [0.3, 0.4) is 0 Å². The van der Waals surface area contributed by atoms with E-state index >= 15 is 0 Å². The Labute approximate surface area is 189 Å². The van der Waals surface area contributed by atoms with Crippen molar-refractivity contribution >= 4 is 34.8 Å². The number of nitrogens with one attached hydrogen (secondary N) is 2. The molecular weight excluding hydrogens is 433 g/mol. The van der Waals surface area contributed by atoms with Gasteiger partial charge in [0.15, 0.2) is 0 Å². The predicted molar refractivity (Wildman–Crippen MR) is 121 cm³/mol. The number of carbonyl (C=O) groups is 2. The van der Waals surface area contributed by atoms with E-state index in [1.807, 2.05) is 0 Å². The van der Waals surface area contributed by atoms with Crippen LogP contribution in [0.25, 0.3) is 0 Å². The number of nitrogens with zero attached hydrogens (tertiary/aromatic N) is 1. The van der Waals surface area contributed by atoms with Crippen molar-refractivity contribution in [3.8, 4) is 5.75 Å². The fraction of sp³-hybridized carbons (Fsp3) is 0.167. The van der Waals surface area contributed by atoms with E-state index in [0.717, 1.165) is 11.3 Å². The summed E-state index contributed by atoms with van der Waals surface area (Å²) in [5.74, 6) is -0.456. The van der Waals surface area contributed by atoms with Gasteiger partial charge in [-0.15, -0.1) is 0 Å². The molecule has 6 nitrogen and oxygen atoms in total. The Morgan fingerprint density at radius 1 is 1.03 bits per heavy atom. The van der Waals surface area contributed by atoms with Crippen molar-refractivity contribution in [1.82, 2.24) is 5.43 Å². The van der Waals surface area contributed by atoms with Crippen LogP contribution in [0.5, 0.6) is 5.75 Å². The van der Waals surface area contributed by atoms with Crippen LogP contribution in [-0.2, 0) is 16.2 Å². The lowest BCUT2D eigenvalue weighted by atomic mass is 10.1. The van der Waals surface area contributed by atoms with Gasteiger partial charge in [0.05, 0.1) is 11.6 Å². The molecule has 2 amide bonds. The number of anilines is 2. The molecule has 0 unspecified atom stereocenters. The Morgan fingerprint density at radius 3 is 2.41 bits per heavy atom. The van der Waals surface area contributed by atoms with Crippen LogP contribution < -0.4 is 20.5 Å². The topological polar surface area (TPSA) is 70.7 Å². The molecule has 4 rings (SSSR count). The maximum Gasteiger partial charge on any atom is 0.243 e. The maximum atomic E-state index is 13.0. The molecule has 0 radical (unpaired) electrons. The van der Waals surface area contributed by atoms with Crippen LogP contribution in [0.4, 0.5) is 15.8 Å². The average molecular weight is 454 g/mol. The third-order valence-electron chi connectivity index (χ3n) is 5.14. The van der Waals surface area contributed by atoms with Crippen molar-refractivity contribution in [1.29, 1.82) is 0 Å². The second kappa shape index (κ2) is 9.70. The Balaban J connectivity index is 1.26. The zero-order valence-electron chi connectivity index (χ0n) is 17.1. The zero-order valence-corrected chi connectivity index (χ0v) is 17.8. The molecule has 0 aromatic heterocycles. The van der Waals surface area contributed by atoms with Crippen LogP contribution in [0.2, 0.25) is 5.02 Å². The first-order valence-electron chi connectivity index (χ1n) is 10.1. The van der Waals surface area contributed by atoms with Crippen molar-refractivity contribution in [2.75, 3.05) is 16.9 Å². The second-order valence-corrected chi connectivity index (χ2v) is 7.87. The molecule has 1 fully saturated rings. The van der Waals surface area contributed by atoms with Gasteiger partial charge in [-0.05, 0) is 66.2 Å². The molecule has 1 atom stereocenters. The van der Waals surface area contributed by atoms with Crippen molar-refractivity contribution in [3.05, 3.63) is 89.2 Å². The largest absolute Gasteiger partial charge is 0.489 e. The number of halogens is 2. The monoisotopic (exact) mass is 453 g/mol. The van der Waals surface area contributed by atoms with Gasteiger partial charge in [-0.2, -0.15) is 0 Å². The molecule has 0 bridgehead atoms. The number of hydrogen-bond acceptors (Lipinski definition) is 4. The molecule has 1 saturated heterocycles. The molecule has 32 heavy (non-hydrogen) atoms. The highest BCUT2D eigenvalue weighted by Gasteiger charge is 2.35. The number of hydrazine groups is 1. The Morgan fingerprint density at radius 2 is 1.72 bits per heavy atom. The Kier molecular flexibility index (Phi) is 6.56. The van der Waals surface area contributed by atoms with E-state index in [2.05, 4.69) is 10.9 Å². The third-order valence-corrected chi connectivity index (χ3v) is 5.39. The number of rotatable bonds is 7. The summed E-state index contributed by atoms with van der Waals surface area (Å²) in [5, 5.41) is 0.589. The fourth-order valence-corrected chi connectivity index (χ4v) is 3.50. The second-order valence-electron chi connectivity index (χ2n) is 7.44. The minimum absolute atomic E-state index is 0.102. The van der Waals surface area contributed by atoms with Crippen LogP contribution in [-0.4, -0.2) is 18.4 Å². The van der Waals surface area contributed by atoms with E-state index in [1.54, 1.807) is 65.6 Å². The summed E-state index contributed by atoms with van der Waals surface area (Å²) in [4.78, 5) is 26.4. The summed E-state index contributed by atoms with van der Waals surface area (Å²) in [6.07, 6.45) is 0.145. The predicted octanol–water partition coefficient (Wildman–Crippen LogP) is 4.55. The normalized spacial score (nSPS) is 15.5. The summed E-state index contributed by atoms with van der Waals surface area (Å²) < 4.78 is 18.6. The number of carbonyl (C=O) groups excluding carboxylic acids is 2. The van der Waals surface area contributed by atoms with Gasteiger partial charge < -0.3 is 9.64 Å². The lowest BCUT2D eigenvalue weighted by Crippen LogP contribution is -2.36. The standard InChI is InChI=1S/C24H21ClFN3O3/c25-18-3-9-21(10-4-18)29-14-17(13-23(29)30)24(31)28-27-20-7-11-22(12-8-20)32-15-16-1-5-19(26)6-2-16/h1-12,17,27H,13-15H2,(H,28,31)/t17-/m0/s1. The Hall–Kier alpha value is -3.58. The van der Waals surface area contributed by atoms with Gasteiger partial charge in [-0.1, -0.05) is 23.7 Å². The molecule has 1 heterocycles. The lowest BCUT2D eigenvalue weighted by molar-refractivity contribution is -0.125. The first-order valence-corrected chi connectivity index (χ1v) is 10.4. The molecule has 1 aliphatic rings. The highest BCUT2D eigenvalue weighted by atomic mass is 35.5. The number of benzene rings is 3. The van der Waals surface area contributed by atoms with Gasteiger partial charge in [-0.25, -0.2) is 4.39 Å². The number of hydrogen-bond donors (Lipinski definition) is 2. The summed E-state index contributed by atoms with van der Waals surface area (Å²) in [5.41, 5.74) is 7.78. The van der Waals surface area contributed by atoms with E-state index in [1.165, 1.54) is 12.1 Å². The van der Waals surface area contributed by atoms with Gasteiger partial charge in [0.2, 0.25) is 11.8 Å². The van der Waals surface area contributed by atoms with E-state index in [-0.39, 0.29) is 24.1 Å². The third kappa shape index (κ3) is 5.36. The van der Waals surface area contributed by atoms with Crippen molar-refractivity contribution in [3.63, 3.8) is 0 Å². The number of amides is 2. The van der Waals surface area contributed by atoms with Crippen LogP contribution in [0.15, 0.2) is 72.8 Å². The maximum absolute atomic E-state index is 13.0. The molecule has 1 aliphatic heterocycles. The van der Waals surface area contributed by atoms with Gasteiger partial charge in [-0.3, -0.25) is 20.4 Å². The summed E-state index contributed by atoms with van der Waals surface area (Å²) >= 11 is 5.90. The van der Waals surface area contributed by atoms with E-state index in [4.69, 9.17) is 16.3 Å². The SMILES string of the molecule is O=C(NNc1ccc(OCc2ccc(F)cc2)cc1)[C@H]1CC(=O)N(c2ccc(Cl)cc2)C1. The molecule has 0 spiro atoms. The summed E-state index contributed by atoms with van der Waals surface area (Å²) in [6.45, 7) is 0.633. The van der Waals surface area contributed by atoms with Gasteiger partial charge in [0.25, 0.3) is 0 Å². The molecule has 0 saturated carbocycles. The minimum Gasteiger partial charge on any atom is -0.489 e. The smallest absolute Gasteiger partial charge is 0.243 e. The molecule has 164 valence electrons. The van der Waals surface area contributed by atoms with Crippen molar-refractivity contribution in [2.45, 2.75) is 13.0 Å². The molecule has 3 aromatic carbocycles. The van der Waals surface area contributed by atoms with Gasteiger partial charge in [0, 0.05) is 23.7 Å². The van der Waals surface area contributed by atoms with Gasteiger partial charge >= 0.3 is 0 Å². The van der Waals surface area contributed by atoms with Crippen LogP contribution >= 0.6 is 11.6 Å². The van der Waals surface area contributed by atoms with Crippen molar-refractivity contribution < 1.29 is 18.7 Å². The fourth-order valence-electron chi connectivity index (χ4n) is 3.37. The van der Waals surface area contributed by atoms with E-state index < -0.39 is 5.92 Å². The van der Waals surface area contributed by atoms with Crippen LogP contribution in [0, 0.1) is 11.7 Å². The van der Waals surface area contributed by atoms with Crippen LogP contribution in [0.1, 0.15) is 12.0 Å². The summed E-state index contributed by atoms with van der Waals surface area (Å²) in [7, 11) is 0. The summed E-state index contributed by atoms with van der Waals surface area (Å²) in [6, 6.07) is 20.1. The first-order chi connectivity index (χ1) is 15.5. The number of ether oxygens (including phenoxy) is 1. The molecule has 3 aromatic rings. The quantitative estimate of drug-likeness (QED) is 0.515. The first kappa shape index (κ1) is 21.6. The highest BCUT2D eigenvalue weighted by molar-refractivity contribution is 6.30. The average Bonchev–Trinajstić information content (AvgIpc) is 3.20. The zero-order chi connectivity index (χ0) is 22.5. The molecule has 8 heteroatoms. The molecule has 0 aliphatic carbocycles.